The van der Waals surface area contributed by atoms with Crippen LogP contribution >= 0.6 is 0 Å². The number of nitrogens with zero attached hydrogens (tertiary/aromatic N) is 1. The lowest BCUT2D eigenvalue weighted by Crippen LogP contribution is -2.39. The highest BCUT2D eigenvalue weighted by Gasteiger charge is 2.21. The Balaban J connectivity index is 2.04. The summed E-state index contributed by atoms with van der Waals surface area (Å²) in [6.07, 6.45) is 2.99. The van der Waals surface area contributed by atoms with E-state index in [1.54, 1.807) is 0 Å². The predicted molar refractivity (Wildman–Crippen MR) is 67.9 cm³/mol. The maximum Gasteiger partial charge on any atom is 0.314 e. The van der Waals surface area contributed by atoms with Gasteiger partial charge in [-0.3, -0.25) is 0 Å². The fraction of sp³-hybridized carbons (Fsp3) is 0.917. The van der Waals surface area contributed by atoms with Gasteiger partial charge in [-0.15, -0.1) is 0 Å². The highest BCUT2D eigenvalue weighted by Crippen LogP contribution is 2.15. The number of rotatable bonds is 7. The third-order valence-corrected chi connectivity index (χ3v) is 3.08. The Morgan fingerprint density at radius 3 is 3.00 bits per heavy atom. The van der Waals surface area contributed by atoms with E-state index in [0.29, 0.717) is 18.9 Å². The molecular weight excluding hydrogens is 218 g/mol. The number of hydrogen-bond acceptors (Lipinski definition) is 3. The van der Waals surface area contributed by atoms with Gasteiger partial charge in [0.15, 0.2) is 0 Å². The smallest absolute Gasteiger partial charge is 0.314 e. The molecule has 3 N–H and O–H groups in total. The van der Waals surface area contributed by atoms with Crippen LogP contribution in [0.5, 0.6) is 0 Å². The quantitative estimate of drug-likeness (QED) is 0.567. The van der Waals surface area contributed by atoms with Gasteiger partial charge in [-0.2, -0.15) is 0 Å². The fourth-order valence-corrected chi connectivity index (χ4v) is 2.18. The van der Waals surface area contributed by atoms with Crippen LogP contribution in [0.3, 0.4) is 0 Å². The second kappa shape index (κ2) is 8.31. The van der Waals surface area contributed by atoms with Gasteiger partial charge >= 0.3 is 6.03 Å². The van der Waals surface area contributed by atoms with Crippen LogP contribution in [0, 0.1) is 5.92 Å². The highest BCUT2D eigenvalue weighted by atomic mass is 16.3. The Hall–Kier alpha value is -0.810. The van der Waals surface area contributed by atoms with Gasteiger partial charge in [0.1, 0.15) is 0 Å². The van der Waals surface area contributed by atoms with Crippen molar-refractivity contribution in [1.29, 1.82) is 0 Å². The number of carbonyl (C=O) groups is 1. The molecule has 0 spiro atoms. The Kier molecular flexibility index (Phi) is 6.96. The van der Waals surface area contributed by atoms with E-state index in [4.69, 9.17) is 5.11 Å². The summed E-state index contributed by atoms with van der Waals surface area (Å²) in [6, 6.07) is -0.118. The third-order valence-electron chi connectivity index (χ3n) is 3.08. The Labute approximate surface area is 104 Å². The van der Waals surface area contributed by atoms with Crippen LogP contribution in [-0.4, -0.2) is 55.4 Å². The summed E-state index contributed by atoms with van der Waals surface area (Å²) >= 11 is 0. The number of amides is 2. The lowest BCUT2D eigenvalue weighted by molar-refractivity contribution is 0.236. The van der Waals surface area contributed by atoms with Crippen LogP contribution in [0.4, 0.5) is 4.79 Å². The van der Waals surface area contributed by atoms with E-state index in [-0.39, 0.29) is 12.6 Å². The molecule has 0 saturated carbocycles. The first-order chi connectivity index (χ1) is 8.26. The maximum absolute atomic E-state index is 11.4. The molecule has 17 heavy (non-hydrogen) atoms. The molecule has 5 nitrogen and oxygen atoms in total. The molecule has 5 heteroatoms. The maximum atomic E-state index is 11.4. The molecule has 1 aliphatic heterocycles. The van der Waals surface area contributed by atoms with E-state index in [2.05, 4.69) is 22.5 Å². The van der Waals surface area contributed by atoms with E-state index in [1.165, 1.54) is 19.4 Å². The SMILES string of the molecule is CCCN1CCC(CNC(=O)NCCCO)C1. The predicted octanol–water partition coefficient (Wildman–Crippen LogP) is 0.400. The summed E-state index contributed by atoms with van der Waals surface area (Å²) in [5, 5.41) is 14.2. The van der Waals surface area contributed by atoms with Crippen molar-refractivity contribution in [2.75, 3.05) is 39.3 Å². The molecule has 1 heterocycles. The van der Waals surface area contributed by atoms with Crippen molar-refractivity contribution in [3.8, 4) is 0 Å². The molecule has 1 unspecified atom stereocenters. The Morgan fingerprint density at radius 2 is 2.29 bits per heavy atom. The van der Waals surface area contributed by atoms with Crippen LogP contribution in [0.2, 0.25) is 0 Å². The molecule has 0 bridgehead atoms. The van der Waals surface area contributed by atoms with Crippen molar-refractivity contribution in [3.63, 3.8) is 0 Å². The number of aliphatic hydroxyl groups excluding tert-OH is 1. The lowest BCUT2D eigenvalue weighted by atomic mass is 10.1. The van der Waals surface area contributed by atoms with E-state index in [1.807, 2.05) is 0 Å². The van der Waals surface area contributed by atoms with E-state index < -0.39 is 0 Å². The Bertz CT molecular complexity index is 224. The van der Waals surface area contributed by atoms with Crippen LogP contribution in [0.15, 0.2) is 0 Å². The summed E-state index contributed by atoms with van der Waals surface area (Å²) in [4.78, 5) is 13.8. The molecule has 100 valence electrons. The Morgan fingerprint density at radius 1 is 1.47 bits per heavy atom. The molecule has 1 saturated heterocycles. The molecule has 1 aliphatic rings. The van der Waals surface area contributed by atoms with Gasteiger partial charge in [-0.05, 0) is 38.3 Å². The van der Waals surface area contributed by atoms with Crippen LogP contribution < -0.4 is 10.6 Å². The number of likely N-dealkylation sites (tertiary alicyclic amines) is 1. The van der Waals surface area contributed by atoms with Crippen LogP contribution in [0.25, 0.3) is 0 Å². The number of carbonyl (C=O) groups excluding carboxylic acids is 1. The normalized spacial score (nSPS) is 20.5. The monoisotopic (exact) mass is 243 g/mol. The minimum Gasteiger partial charge on any atom is -0.396 e. The van der Waals surface area contributed by atoms with Crippen molar-refractivity contribution < 1.29 is 9.90 Å². The molecule has 0 aromatic heterocycles. The molecule has 0 radical (unpaired) electrons. The van der Waals surface area contributed by atoms with Gasteiger partial charge < -0.3 is 20.6 Å². The summed E-state index contributed by atoms with van der Waals surface area (Å²) in [5.74, 6) is 0.588. The average molecular weight is 243 g/mol. The number of aliphatic hydroxyl groups is 1. The zero-order valence-electron chi connectivity index (χ0n) is 10.7. The summed E-state index contributed by atoms with van der Waals surface area (Å²) in [5.41, 5.74) is 0. The molecule has 1 atom stereocenters. The van der Waals surface area contributed by atoms with Gasteiger partial charge in [-0.1, -0.05) is 6.92 Å². The molecule has 1 fully saturated rings. The first kappa shape index (κ1) is 14.3. The summed E-state index contributed by atoms with van der Waals surface area (Å²) in [6.45, 7) is 7.03. The van der Waals surface area contributed by atoms with Gasteiger partial charge in [0.05, 0.1) is 0 Å². The van der Waals surface area contributed by atoms with Gasteiger partial charge in [0.2, 0.25) is 0 Å². The lowest BCUT2D eigenvalue weighted by Gasteiger charge is -2.15. The van der Waals surface area contributed by atoms with Gasteiger partial charge in [0, 0.05) is 26.2 Å². The molecule has 0 aliphatic carbocycles. The standard InChI is InChI=1S/C12H25N3O2/c1-2-6-15-7-4-11(10-15)9-14-12(17)13-5-3-8-16/h11,16H,2-10H2,1H3,(H2,13,14,17). The highest BCUT2D eigenvalue weighted by molar-refractivity contribution is 5.73. The van der Waals surface area contributed by atoms with Crippen molar-refractivity contribution in [3.05, 3.63) is 0 Å². The third kappa shape index (κ3) is 5.89. The zero-order valence-corrected chi connectivity index (χ0v) is 10.7. The molecule has 1 rings (SSSR count). The van der Waals surface area contributed by atoms with E-state index in [9.17, 15) is 4.79 Å². The van der Waals surface area contributed by atoms with Crippen LogP contribution in [0.1, 0.15) is 26.2 Å². The summed E-state index contributed by atoms with van der Waals surface area (Å²) < 4.78 is 0. The summed E-state index contributed by atoms with van der Waals surface area (Å²) in [7, 11) is 0. The van der Waals surface area contributed by atoms with Crippen molar-refractivity contribution in [2.45, 2.75) is 26.2 Å². The van der Waals surface area contributed by atoms with Crippen molar-refractivity contribution in [1.82, 2.24) is 15.5 Å². The topological polar surface area (TPSA) is 64.6 Å². The van der Waals surface area contributed by atoms with E-state index in [0.717, 1.165) is 19.6 Å². The van der Waals surface area contributed by atoms with E-state index >= 15 is 0 Å². The van der Waals surface area contributed by atoms with Crippen molar-refractivity contribution >= 4 is 6.03 Å². The van der Waals surface area contributed by atoms with Crippen LogP contribution in [-0.2, 0) is 0 Å². The molecular formula is C12H25N3O2. The molecule has 0 aromatic rings. The first-order valence-corrected chi connectivity index (χ1v) is 6.61. The largest absolute Gasteiger partial charge is 0.396 e. The second-order valence-electron chi connectivity index (χ2n) is 4.67. The molecule has 0 aromatic carbocycles. The number of hydrogen-bond donors (Lipinski definition) is 3. The average Bonchev–Trinajstić information content (AvgIpc) is 2.75. The van der Waals surface area contributed by atoms with Crippen molar-refractivity contribution in [2.24, 2.45) is 5.92 Å². The minimum atomic E-state index is -0.118. The number of urea groups is 1. The first-order valence-electron chi connectivity index (χ1n) is 6.61. The fourth-order valence-electron chi connectivity index (χ4n) is 2.18. The van der Waals surface area contributed by atoms with Gasteiger partial charge in [0.25, 0.3) is 0 Å². The second-order valence-corrected chi connectivity index (χ2v) is 4.67. The zero-order chi connectivity index (χ0) is 12.5. The number of nitrogens with one attached hydrogen (secondary N) is 2. The van der Waals surface area contributed by atoms with Gasteiger partial charge in [-0.25, -0.2) is 4.79 Å². The minimum absolute atomic E-state index is 0.118. The molecule has 2 amide bonds.